The van der Waals surface area contributed by atoms with Gasteiger partial charge in [-0.25, -0.2) is 0 Å². The number of carbonyl (C=O) groups is 2. The van der Waals surface area contributed by atoms with Crippen LogP contribution < -0.4 is 10.2 Å². The van der Waals surface area contributed by atoms with Crippen LogP contribution in [0.2, 0.25) is 0 Å². The third-order valence-electron chi connectivity index (χ3n) is 4.88. The molecule has 0 unspecified atom stereocenters. The molecule has 0 spiro atoms. The third-order valence-corrected chi connectivity index (χ3v) is 4.88. The maximum Gasteiger partial charge on any atom is 2.00 e. The van der Waals surface area contributed by atoms with E-state index in [0.717, 1.165) is 22.8 Å². The molecule has 0 fully saturated rings. The van der Waals surface area contributed by atoms with Crippen molar-refractivity contribution in [2.75, 3.05) is 0 Å². The zero-order valence-corrected chi connectivity index (χ0v) is 22.7. The fraction of sp³-hybridized carbons (Fsp3) is 0. The average Bonchev–Trinajstić information content (AvgIpc) is 3.76. The molecule has 2 N–H and O–H groups in total. The van der Waals surface area contributed by atoms with Gasteiger partial charge in [-0.15, -0.1) is 0 Å². The van der Waals surface area contributed by atoms with Gasteiger partial charge in [0.05, 0.1) is 23.3 Å². The summed E-state index contributed by atoms with van der Waals surface area (Å²) in [6.45, 7) is 0. The van der Waals surface area contributed by atoms with Crippen LogP contribution in [-0.4, -0.2) is 42.3 Å². The first-order chi connectivity index (χ1) is 19.5. The van der Waals surface area contributed by atoms with Crippen LogP contribution in [-0.2, 0) is 17.1 Å². The van der Waals surface area contributed by atoms with Crippen molar-refractivity contribution in [3.05, 3.63) is 145 Å². The smallest absolute Gasteiger partial charge is 0.545 e. The van der Waals surface area contributed by atoms with Crippen LogP contribution in [0, 0.1) is 0 Å². The van der Waals surface area contributed by atoms with Crippen LogP contribution in [0.3, 0.4) is 0 Å². The van der Waals surface area contributed by atoms with Crippen molar-refractivity contribution >= 4 is 11.9 Å². The van der Waals surface area contributed by atoms with Crippen molar-refractivity contribution in [2.24, 2.45) is 0 Å². The van der Waals surface area contributed by atoms with Crippen molar-refractivity contribution in [2.45, 2.75) is 0 Å². The summed E-state index contributed by atoms with van der Waals surface area (Å²) in [6.07, 6.45) is 7.07. The molecule has 11 heteroatoms. The Bertz CT molecular complexity index is 1400. The summed E-state index contributed by atoms with van der Waals surface area (Å²) in [4.78, 5) is 28.5. The molecule has 41 heavy (non-hydrogen) atoms. The maximum atomic E-state index is 10.1. The van der Waals surface area contributed by atoms with Crippen molar-refractivity contribution in [1.82, 2.24) is 30.4 Å². The minimum atomic E-state index is -1.13. The van der Waals surface area contributed by atoms with Gasteiger partial charge >= 0.3 is 17.1 Å². The summed E-state index contributed by atoms with van der Waals surface area (Å²) < 4.78 is 0. The predicted octanol–water partition coefficient (Wildman–Crippen LogP) is 3.04. The number of carboxylic acids is 2. The number of aromatic carboxylic acids is 2. The second-order valence-electron chi connectivity index (χ2n) is 7.66. The Morgan fingerprint density at radius 1 is 0.488 bits per heavy atom. The van der Waals surface area contributed by atoms with E-state index < -0.39 is 11.9 Å². The van der Waals surface area contributed by atoms with Gasteiger partial charge in [-0.05, 0) is 47.5 Å². The molecule has 0 aliphatic rings. The molecule has 0 bridgehead atoms. The molecule has 1 radical (unpaired) electrons. The number of hydrogen-bond acceptors (Lipinski definition) is 8. The Labute approximate surface area is 246 Å². The minimum Gasteiger partial charge on any atom is -0.545 e. The molecule has 2 aromatic carbocycles. The van der Waals surface area contributed by atoms with Gasteiger partial charge in [-0.2, -0.15) is 10.2 Å². The van der Waals surface area contributed by atoms with Crippen molar-refractivity contribution in [1.29, 1.82) is 0 Å². The van der Waals surface area contributed by atoms with Crippen LogP contribution in [0.15, 0.2) is 134 Å². The number of nitrogens with zero attached hydrogens (tertiary/aromatic N) is 4. The Hall–Kier alpha value is -5.38. The fourth-order valence-corrected chi connectivity index (χ4v) is 2.98. The van der Waals surface area contributed by atoms with E-state index in [0.29, 0.717) is 0 Å². The Morgan fingerprint density at radius 2 is 0.854 bits per heavy atom. The molecule has 0 aliphatic carbocycles. The fourth-order valence-electron chi connectivity index (χ4n) is 2.98. The second kappa shape index (κ2) is 18.0. The van der Waals surface area contributed by atoms with E-state index in [-0.39, 0.29) is 28.2 Å². The number of carboxylic acid groups (broad SMARTS) is 2. The van der Waals surface area contributed by atoms with Gasteiger partial charge in [-0.1, -0.05) is 72.8 Å². The zero-order chi connectivity index (χ0) is 28.4. The standard InChI is InChI=1S/2C8H7N3.2C7H6O2.Mn/c2*1-2-5-9-7(3-1)8-4-6-10-11-8;2*8-7(9)6-4-2-1-3-5-6;/h2*1-6H,(H,10,11);2*1-5H,(H,8,9);/q;;;;+2/p-2. The van der Waals surface area contributed by atoms with Crippen molar-refractivity contribution < 1.29 is 36.9 Å². The van der Waals surface area contributed by atoms with Crippen LogP contribution in [0.4, 0.5) is 0 Å². The molecule has 0 saturated heterocycles. The number of benzene rings is 2. The largest absolute Gasteiger partial charge is 2.00 e. The van der Waals surface area contributed by atoms with Crippen LogP contribution in [0.5, 0.6) is 0 Å². The number of pyridine rings is 2. The SMILES string of the molecule is O=C([O-])c1ccccc1.O=C([O-])c1ccccc1.[Mn+2].c1ccc(-c2cc[nH]n2)nc1.c1ccc(-c2cc[nH]n2)nc1. The zero-order valence-electron chi connectivity index (χ0n) is 21.5. The van der Waals surface area contributed by atoms with E-state index in [9.17, 15) is 19.8 Å². The number of aromatic amines is 2. The van der Waals surface area contributed by atoms with Gasteiger partial charge in [0.1, 0.15) is 11.4 Å². The quantitative estimate of drug-likeness (QED) is 0.297. The molecule has 6 rings (SSSR count). The Kier molecular flexibility index (Phi) is 14.0. The minimum absolute atomic E-state index is 0. The number of aromatic nitrogens is 6. The number of rotatable bonds is 4. The van der Waals surface area contributed by atoms with Crippen LogP contribution >= 0.6 is 0 Å². The van der Waals surface area contributed by atoms with Crippen LogP contribution in [0.1, 0.15) is 20.7 Å². The second-order valence-corrected chi connectivity index (χ2v) is 7.66. The molecular formula is C30H24MnN6O4. The topological polar surface area (TPSA) is 163 Å². The summed E-state index contributed by atoms with van der Waals surface area (Å²) in [7, 11) is 0. The molecule has 205 valence electrons. The molecular weight excluding hydrogens is 563 g/mol. The average molecular weight is 587 g/mol. The van der Waals surface area contributed by atoms with Gasteiger partial charge < -0.3 is 19.8 Å². The van der Waals surface area contributed by atoms with Gasteiger partial charge in [0.25, 0.3) is 0 Å². The van der Waals surface area contributed by atoms with Gasteiger partial charge in [0.15, 0.2) is 0 Å². The normalized spacial score (nSPS) is 9.17. The van der Waals surface area contributed by atoms with E-state index in [1.807, 2.05) is 48.5 Å². The molecule has 0 amide bonds. The summed E-state index contributed by atoms with van der Waals surface area (Å²) in [5.41, 5.74) is 3.99. The molecule has 0 saturated carbocycles. The molecule has 0 aliphatic heterocycles. The van der Waals surface area contributed by atoms with E-state index >= 15 is 0 Å². The number of nitrogens with one attached hydrogen (secondary N) is 2. The van der Waals surface area contributed by atoms with E-state index in [1.54, 1.807) is 61.2 Å². The summed E-state index contributed by atoms with van der Waals surface area (Å²) in [5.74, 6) is -2.26. The number of carbonyl (C=O) groups excluding carboxylic acids is 2. The molecule has 0 atom stereocenters. The van der Waals surface area contributed by atoms with Crippen molar-refractivity contribution in [3.8, 4) is 22.8 Å². The Balaban J connectivity index is 0.000000191. The molecule has 4 heterocycles. The van der Waals surface area contributed by atoms with E-state index in [4.69, 9.17) is 0 Å². The van der Waals surface area contributed by atoms with E-state index in [2.05, 4.69) is 30.4 Å². The number of hydrogen-bond donors (Lipinski definition) is 2. The van der Waals surface area contributed by atoms with E-state index in [1.165, 1.54) is 24.3 Å². The number of H-pyrrole nitrogens is 2. The van der Waals surface area contributed by atoms with Gasteiger partial charge in [0, 0.05) is 24.8 Å². The summed E-state index contributed by atoms with van der Waals surface area (Å²) in [6, 6.07) is 31.4. The predicted molar refractivity (Wildman–Crippen MR) is 145 cm³/mol. The monoisotopic (exact) mass is 587 g/mol. The molecule has 6 aromatic rings. The maximum absolute atomic E-state index is 10.1. The molecule has 10 nitrogen and oxygen atoms in total. The first kappa shape index (κ1) is 31.8. The first-order valence-electron chi connectivity index (χ1n) is 11.9. The summed E-state index contributed by atoms with van der Waals surface area (Å²) >= 11 is 0. The first-order valence-corrected chi connectivity index (χ1v) is 11.9. The summed E-state index contributed by atoms with van der Waals surface area (Å²) in [5, 5.41) is 33.7. The third kappa shape index (κ3) is 11.5. The Morgan fingerprint density at radius 3 is 1.10 bits per heavy atom. The van der Waals surface area contributed by atoms with Crippen molar-refractivity contribution in [3.63, 3.8) is 0 Å². The van der Waals surface area contributed by atoms with Gasteiger partial charge in [-0.3, -0.25) is 20.2 Å². The van der Waals surface area contributed by atoms with Crippen LogP contribution in [0.25, 0.3) is 22.8 Å². The van der Waals surface area contributed by atoms with Gasteiger partial charge in [0.2, 0.25) is 0 Å². The molecule has 4 aromatic heterocycles.